The van der Waals surface area contributed by atoms with E-state index in [1.54, 1.807) is 0 Å². The monoisotopic (exact) mass is 305 g/mol. The molecule has 122 valence electrons. The molecule has 0 atom stereocenters. The topological polar surface area (TPSA) is 65.6 Å². The fraction of sp³-hybridized carbons (Fsp3) is 0.444. The first-order valence-electron chi connectivity index (χ1n) is 7.66. The summed E-state index contributed by atoms with van der Waals surface area (Å²) >= 11 is 0. The van der Waals surface area contributed by atoms with Crippen LogP contribution < -0.4 is 5.32 Å². The Hall–Kier alpha value is -1.62. The molecular weight excluding hydrogens is 278 g/mol. The summed E-state index contributed by atoms with van der Waals surface area (Å²) in [7, 11) is 2.00. The van der Waals surface area contributed by atoms with Gasteiger partial charge in [-0.05, 0) is 49.5 Å². The van der Waals surface area contributed by atoms with Gasteiger partial charge in [0, 0.05) is 19.6 Å². The van der Waals surface area contributed by atoms with Crippen LogP contribution in [0.15, 0.2) is 34.5 Å². The van der Waals surface area contributed by atoms with Gasteiger partial charge in [-0.2, -0.15) is 0 Å². The minimum atomic E-state index is 1.00. The molecule has 0 amide bonds. The number of aryl methyl sites for hydroxylation is 1. The third-order valence-electron chi connectivity index (χ3n) is 3.68. The van der Waals surface area contributed by atoms with Crippen molar-refractivity contribution in [2.45, 2.75) is 26.2 Å². The lowest BCUT2D eigenvalue weighted by Gasteiger charge is -2.15. The molecule has 3 N–H and O–H groups in total. The second-order valence-electron chi connectivity index (χ2n) is 4.92. The van der Waals surface area contributed by atoms with E-state index in [2.05, 4.69) is 36.5 Å². The molecule has 0 saturated carbocycles. The summed E-state index contributed by atoms with van der Waals surface area (Å²) in [6.07, 6.45) is 7.55. The van der Waals surface area contributed by atoms with Crippen molar-refractivity contribution in [3.63, 3.8) is 0 Å². The Morgan fingerprint density at radius 3 is 2.45 bits per heavy atom. The number of nitrogens with one attached hydrogen (secondary N) is 1. The van der Waals surface area contributed by atoms with Crippen LogP contribution in [0.3, 0.4) is 0 Å². The second-order valence-corrected chi connectivity index (χ2v) is 4.92. The van der Waals surface area contributed by atoms with E-state index in [9.17, 15) is 0 Å². The summed E-state index contributed by atoms with van der Waals surface area (Å²) in [4.78, 5) is 0. The van der Waals surface area contributed by atoms with Crippen LogP contribution in [-0.2, 0) is 6.42 Å². The minimum Gasteiger partial charge on any atom is -0.464 e. The minimum absolute atomic E-state index is 1.00. The van der Waals surface area contributed by atoms with Crippen molar-refractivity contribution in [3.8, 4) is 0 Å². The Balaban J connectivity index is 0.000000561. The Kier molecular flexibility index (Phi) is 8.51. The standard InChI is InChI=1S/C16H19NO.2CH4O/c1-2-14-11-18-16-10-13(3-4-15(14)16)9-12-5-7-17-8-6-12;2*1-2/h3-4,9-11,17H,2,5-8H2,1H3;2*2H,1H3. The summed E-state index contributed by atoms with van der Waals surface area (Å²) in [5, 5.41) is 18.6. The lowest BCUT2D eigenvalue weighted by molar-refractivity contribution is 0.399. The highest BCUT2D eigenvalue weighted by Crippen LogP contribution is 2.24. The summed E-state index contributed by atoms with van der Waals surface area (Å²) in [6.45, 7) is 4.37. The van der Waals surface area contributed by atoms with Crippen molar-refractivity contribution in [1.29, 1.82) is 0 Å². The van der Waals surface area contributed by atoms with Crippen LogP contribution in [0.1, 0.15) is 30.9 Å². The first-order chi connectivity index (χ1) is 10.9. The fourth-order valence-corrected chi connectivity index (χ4v) is 2.59. The molecular formula is C18H27NO3. The Bertz CT molecular complexity index is 579. The number of hydrogen-bond donors (Lipinski definition) is 3. The SMILES string of the molecule is CCc1coc2cc(C=C3CCNCC3)ccc12.CO.CO. The van der Waals surface area contributed by atoms with Gasteiger partial charge in [0.25, 0.3) is 0 Å². The summed E-state index contributed by atoms with van der Waals surface area (Å²) in [6, 6.07) is 6.54. The number of rotatable bonds is 2. The van der Waals surface area contributed by atoms with E-state index in [-0.39, 0.29) is 0 Å². The van der Waals surface area contributed by atoms with Gasteiger partial charge in [-0.3, -0.25) is 0 Å². The van der Waals surface area contributed by atoms with Crippen LogP contribution in [0.2, 0.25) is 0 Å². The van der Waals surface area contributed by atoms with Gasteiger partial charge in [0.15, 0.2) is 0 Å². The first-order valence-corrected chi connectivity index (χ1v) is 7.66. The number of aliphatic hydroxyl groups excluding tert-OH is 2. The van der Waals surface area contributed by atoms with E-state index in [1.807, 2.05) is 6.26 Å². The molecule has 2 aromatic rings. The zero-order valence-electron chi connectivity index (χ0n) is 13.7. The molecule has 0 unspecified atom stereocenters. The van der Waals surface area contributed by atoms with Gasteiger partial charge >= 0.3 is 0 Å². The van der Waals surface area contributed by atoms with Gasteiger partial charge in [-0.25, -0.2) is 0 Å². The lowest BCUT2D eigenvalue weighted by atomic mass is 10.0. The van der Waals surface area contributed by atoms with Crippen molar-refractivity contribution in [1.82, 2.24) is 5.32 Å². The van der Waals surface area contributed by atoms with Crippen molar-refractivity contribution >= 4 is 17.0 Å². The number of hydrogen-bond acceptors (Lipinski definition) is 4. The maximum absolute atomic E-state index is 7.00. The Labute approximate surface area is 132 Å². The average molecular weight is 305 g/mol. The largest absolute Gasteiger partial charge is 0.464 e. The van der Waals surface area contributed by atoms with Crippen LogP contribution in [0.25, 0.3) is 17.0 Å². The molecule has 2 heterocycles. The second kappa shape index (κ2) is 10.2. The van der Waals surface area contributed by atoms with E-state index in [4.69, 9.17) is 14.6 Å². The molecule has 1 aromatic heterocycles. The smallest absolute Gasteiger partial charge is 0.134 e. The molecule has 1 aliphatic rings. The van der Waals surface area contributed by atoms with Gasteiger partial charge in [0.2, 0.25) is 0 Å². The average Bonchev–Trinajstić information content (AvgIpc) is 3.02. The van der Waals surface area contributed by atoms with Gasteiger partial charge in [0.1, 0.15) is 5.58 Å². The number of furan rings is 1. The number of fused-ring (bicyclic) bond motifs is 1. The predicted molar refractivity (Wildman–Crippen MR) is 92.0 cm³/mol. The Morgan fingerprint density at radius 2 is 1.82 bits per heavy atom. The molecule has 1 aromatic carbocycles. The highest BCUT2D eigenvalue weighted by Gasteiger charge is 2.07. The number of aliphatic hydroxyl groups is 2. The van der Waals surface area contributed by atoms with Crippen LogP contribution in [0.5, 0.6) is 0 Å². The zero-order valence-corrected chi connectivity index (χ0v) is 13.7. The van der Waals surface area contributed by atoms with Crippen molar-refractivity contribution in [2.75, 3.05) is 27.3 Å². The summed E-state index contributed by atoms with van der Waals surface area (Å²) in [5.74, 6) is 0. The van der Waals surface area contributed by atoms with E-state index in [0.29, 0.717) is 0 Å². The lowest BCUT2D eigenvalue weighted by Crippen LogP contribution is -2.22. The van der Waals surface area contributed by atoms with Crippen LogP contribution in [0.4, 0.5) is 0 Å². The van der Waals surface area contributed by atoms with E-state index in [1.165, 1.54) is 22.1 Å². The van der Waals surface area contributed by atoms with Gasteiger partial charge in [-0.15, -0.1) is 0 Å². The van der Waals surface area contributed by atoms with E-state index in [0.717, 1.165) is 52.2 Å². The fourth-order valence-electron chi connectivity index (χ4n) is 2.59. The van der Waals surface area contributed by atoms with Crippen molar-refractivity contribution in [2.24, 2.45) is 0 Å². The summed E-state index contributed by atoms with van der Waals surface area (Å²) in [5.41, 5.74) is 5.10. The molecule has 0 spiro atoms. The van der Waals surface area contributed by atoms with Crippen molar-refractivity contribution in [3.05, 3.63) is 41.2 Å². The molecule has 0 radical (unpaired) electrons. The predicted octanol–water partition coefficient (Wildman–Crippen LogP) is 2.98. The maximum atomic E-state index is 7.00. The molecule has 0 bridgehead atoms. The van der Waals surface area contributed by atoms with E-state index >= 15 is 0 Å². The molecule has 0 aliphatic carbocycles. The molecule has 1 saturated heterocycles. The van der Waals surface area contributed by atoms with E-state index < -0.39 is 0 Å². The normalized spacial score (nSPS) is 13.8. The van der Waals surface area contributed by atoms with Gasteiger partial charge in [0.05, 0.1) is 6.26 Å². The zero-order chi connectivity index (χ0) is 16.4. The molecule has 4 nitrogen and oxygen atoms in total. The van der Waals surface area contributed by atoms with Crippen LogP contribution in [0, 0.1) is 0 Å². The molecule has 22 heavy (non-hydrogen) atoms. The highest BCUT2D eigenvalue weighted by molar-refractivity contribution is 5.83. The van der Waals surface area contributed by atoms with Crippen LogP contribution in [-0.4, -0.2) is 37.5 Å². The summed E-state index contributed by atoms with van der Waals surface area (Å²) < 4.78 is 5.63. The third kappa shape index (κ3) is 4.70. The Morgan fingerprint density at radius 1 is 1.14 bits per heavy atom. The quantitative estimate of drug-likeness (QED) is 0.798. The highest BCUT2D eigenvalue weighted by atomic mass is 16.3. The first kappa shape index (κ1) is 18.4. The molecule has 4 heteroatoms. The molecule has 1 aliphatic heterocycles. The number of piperidine rings is 1. The number of benzene rings is 1. The maximum Gasteiger partial charge on any atom is 0.134 e. The third-order valence-corrected chi connectivity index (χ3v) is 3.68. The molecule has 3 rings (SSSR count). The van der Waals surface area contributed by atoms with Crippen molar-refractivity contribution < 1.29 is 14.6 Å². The molecule has 1 fully saturated rings. The van der Waals surface area contributed by atoms with Crippen LogP contribution >= 0.6 is 0 Å². The van der Waals surface area contributed by atoms with Gasteiger partial charge in [-0.1, -0.05) is 30.7 Å². The van der Waals surface area contributed by atoms with Gasteiger partial charge < -0.3 is 19.9 Å².